The molecule has 0 aliphatic heterocycles. The minimum absolute atomic E-state index is 0.490. The Morgan fingerprint density at radius 1 is 1.20 bits per heavy atom. The summed E-state index contributed by atoms with van der Waals surface area (Å²) < 4.78 is 0.766. The van der Waals surface area contributed by atoms with Crippen LogP contribution in [0.25, 0.3) is 0 Å². The minimum atomic E-state index is 0.490. The second-order valence-electron chi connectivity index (χ2n) is 1.98. The smallest absolute Gasteiger partial charge is 0.161 e. The van der Waals surface area contributed by atoms with E-state index in [0.29, 0.717) is 5.15 Å². The first kappa shape index (κ1) is 8.20. The van der Waals surface area contributed by atoms with Crippen LogP contribution in [0.5, 0.6) is 0 Å². The molecular formula is C6H6ClIN2. The van der Waals surface area contributed by atoms with E-state index in [1.807, 2.05) is 13.8 Å². The number of rotatable bonds is 0. The van der Waals surface area contributed by atoms with Gasteiger partial charge in [-0.3, -0.25) is 0 Å². The monoisotopic (exact) mass is 268 g/mol. The zero-order chi connectivity index (χ0) is 7.72. The van der Waals surface area contributed by atoms with Crippen molar-refractivity contribution in [1.29, 1.82) is 0 Å². The molecule has 1 rings (SSSR count). The second-order valence-corrected chi connectivity index (χ2v) is 3.36. The Morgan fingerprint density at radius 2 is 1.70 bits per heavy atom. The highest BCUT2D eigenvalue weighted by molar-refractivity contribution is 14.1. The van der Waals surface area contributed by atoms with E-state index in [4.69, 9.17) is 11.6 Å². The third-order valence-electron chi connectivity index (χ3n) is 1.23. The molecule has 10 heavy (non-hydrogen) atoms. The summed E-state index contributed by atoms with van der Waals surface area (Å²) in [6.07, 6.45) is 0. The Morgan fingerprint density at radius 3 is 2.20 bits per heavy atom. The lowest BCUT2D eigenvalue weighted by atomic mass is 10.4. The van der Waals surface area contributed by atoms with Crippen LogP contribution in [-0.2, 0) is 0 Å². The summed E-state index contributed by atoms with van der Waals surface area (Å²) in [7, 11) is 0. The summed E-state index contributed by atoms with van der Waals surface area (Å²) in [5, 5.41) is 0.490. The minimum Gasteiger partial charge on any atom is -0.242 e. The number of aromatic nitrogens is 2. The van der Waals surface area contributed by atoms with E-state index >= 15 is 0 Å². The maximum Gasteiger partial charge on any atom is 0.161 e. The van der Waals surface area contributed by atoms with Gasteiger partial charge in [-0.15, -0.1) is 0 Å². The lowest BCUT2D eigenvalue weighted by Crippen LogP contribution is -1.94. The molecule has 0 aliphatic carbocycles. The number of hydrogen-bond donors (Lipinski definition) is 0. The summed E-state index contributed by atoms with van der Waals surface area (Å²) in [4.78, 5) is 8.23. The average Bonchev–Trinajstić information content (AvgIpc) is 1.84. The summed E-state index contributed by atoms with van der Waals surface area (Å²) in [6, 6.07) is 0. The highest BCUT2D eigenvalue weighted by Gasteiger charge is 2.01. The molecule has 1 aromatic heterocycles. The van der Waals surface area contributed by atoms with Gasteiger partial charge in [-0.2, -0.15) is 0 Å². The molecule has 0 aromatic carbocycles. The normalized spacial score (nSPS) is 10.0. The van der Waals surface area contributed by atoms with Gasteiger partial charge in [-0.1, -0.05) is 11.6 Å². The molecule has 0 spiro atoms. The van der Waals surface area contributed by atoms with Crippen LogP contribution < -0.4 is 0 Å². The van der Waals surface area contributed by atoms with Crippen LogP contribution in [0.4, 0.5) is 0 Å². The van der Waals surface area contributed by atoms with E-state index in [1.54, 1.807) is 0 Å². The van der Waals surface area contributed by atoms with Crippen LogP contribution in [0.2, 0.25) is 5.15 Å². The zero-order valence-electron chi connectivity index (χ0n) is 5.65. The number of halogens is 2. The van der Waals surface area contributed by atoms with Crippen molar-refractivity contribution in [2.24, 2.45) is 0 Å². The van der Waals surface area contributed by atoms with Crippen LogP contribution in [0.1, 0.15) is 11.4 Å². The molecule has 0 saturated carbocycles. The number of nitrogens with zero attached hydrogens (tertiary/aromatic N) is 2. The quantitative estimate of drug-likeness (QED) is 0.675. The van der Waals surface area contributed by atoms with Crippen molar-refractivity contribution in [1.82, 2.24) is 9.97 Å². The Bertz CT molecular complexity index is 212. The van der Waals surface area contributed by atoms with Crippen molar-refractivity contribution in [3.8, 4) is 0 Å². The van der Waals surface area contributed by atoms with Crippen molar-refractivity contribution in [2.45, 2.75) is 13.8 Å². The lowest BCUT2D eigenvalue weighted by Gasteiger charge is -1.99. The Labute approximate surface area is 78.2 Å². The molecule has 0 aliphatic rings. The van der Waals surface area contributed by atoms with Crippen LogP contribution in [0.15, 0.2) is 0 Å². The third-order valence-corrected chi connectivity index (χ3v) is 2.56. The average molecular weight is 268 g/mol. The van der Waals surface area contributed by atoms with E-state index in [1.165, 1.54) is 0 Å². The van der Waals surface area contributed by atoms with Gasteiger partial charge >= 0.3 is 0 Å². The maximum absolute atomic E-state index is 5.70. The molecule has 0 radical (unpaired) electrons. The lowest BCUT2D eigenvalue weighted by molar-refractivity contribution is 1.02. The summed E-state index contributed by atoms with van der Waals surface area (Å²) in [6.45, 7) is 3.81. The topological polar surface area (TPSA) is 25.8 Å². The van der Waals surface area contributed by atoms with Crippen LogP contribution in [0.3, 0.4) is 0 Å². The number of hydrogen-bond acceptors (Lipinski definition) is 2. The van der Waals surface area contributed by atoms with Crippen LogP contribution in [-0.4, -0.2) is 9.97 Å². The first-order chi connectivity index (χ1) is 4.61. The molecule has 0 bridgehead atoms. The van der Waals surface area contributed by atoms with Crippen LogP contribution >= 0.6 is 34.2 Å². The van der Waals surface area contributed by atoms with Gasteiger partial charge in [-0.05, 0) is 36.4 Å². The van der Waals surface area contributed by atoms with Crippen molar-refractivity contribution in [3.63, 3.8) is 0 Å². The summed E-state index contributed by atoms with van der Waals surface area (Å²) in [5.41, 5.74) is 1.83. The van der Waals surface area contributed by atoms with E-state index in [9.17, 15) is 0 Å². The van der Waals surface area contributed by atoms with E-state index in [2.05, 4.69) is 32.6 Å². The first-order valence-electron chi connectivity index (χ1n) is 2.77. The standard InChI is InChI=1S/C6H6ClIN2/c1-3-4(2)10-6(8)5(7)9-3/h1-2H3. The van der Waals surface area contributed by atoms with Gasteiger partial charge in [0.15, 0.2) is 5.15 Å². The Hall–Kier alpha value is 0.1000. The predicted molar refractivity (Wildman–Crippen MR) is 49.2 cm³/mol. The fourth-order valence-electron chi connectivity index (χ4n) is 0.549. The van der Waals surface area contributed by atoms with Gasteiger partial charge in [0, 0.05) is 0 Å². The first-order valence-corrected chi connectivity index (χ1v) is 4.23. The van der Waals surface area contributed by atoms with Crippen molar-refractivity contribution in [2.75, 3.05) is 0 Å². The fourth-order valence-corrected chi connectivity index (χ4v) is 1.20. The molecule has 0 unspecified atom stereocenters. The maximum atomic E-state index is 5.70. The molecule has 0 N–H and O–H groups in total. The molecule has 0 amide bonds. The van der Waals surface area contributed by atoms with Gasteiger partial charge in [0.25, 0.3) is 0 Å². The highest BCUT2D eigenvalue weighted by Crippen LogP contribution is 2.14. The van der Waals surface area contributed by atoms with Gasteiger partial charge < -0.3 is 0 Å². The molecule has 1 heterocycles. The third kappa shape index (κ3) is 1.58. The molecule has 1 aromatic rings. The van der Waals surface area contributed by atoms with E-state index < -0.39 is 0 Å². The molecule has 0 fully saturated rings. The van der Waals surface area contributed by atoms with Crippen molar-refractivity contribution >= 4 is 34.2 Å². The fraction of sp³-hybridized carbons (Fsp3) is 0.333. The van der Waals surface area contributed by atoms with Crippen molar-refractivity contribution < 1.29 is 0 Å². The number of aryl methyl sites for hydroxylation is 2. The van der Waals surface area contributed by atoms with Gasteiger partial charge in [0.1, 0.15) is 3.70 Å². The SMILES string of the molecule is Cc1nc(Cl)c(I)nc1C. The molecule has 0 saturated heterocycles. The molecular weight excluding hydrogens is 262 g/mol. The Balaban J connectivity index is 3.28. The second kappa shape index (κ2) is 3.00. The van der Waals surface area contributed by atoms with Crippen molar-refractivity contribution in [3.05, 3.63) is 20.2 Å². The summed E-state index contributed by atoms with van der Waals surface area (Å²) in [5.74, 6) is 0. The molecule has 0 atom stereocenters. The van der Waals surface area contributed by atoms with E-state index in [0.717, 1.165) is 15.1 Å². The van der Waals surface area contributed by atoms with Gasteiger partial charge in [0.2, 0.25) is 0 Å². The van der Waals surface area contributed by atoms with Gasteiger partial charge in [-0.25, -0.2) is 9.97 Å². The highest BCUT2D eigenvalue weighted by atomic mass is 127. The summed E-state index contributed by atoms with van der Waals surface area (Å²) >= 11 is 7.77. The predicted octanol–water partition coefficient (Wildman–Crippen LogP) is 2.35. The largest absolute Gasteiger partial charge is 0.242 e. The Kier molecular flexibility index (Phi) is 2.46. The molecule has 4 heteroatoms. The van der Waals surface area contributed by atoms with E-state index in [-0.39, 0.29) is 0 Å². The van der Waals surface area contributed by atoms with Crippen LogP contribution in [0, 0.1) is 17.5 Å². The molecule has 54 valence electrons. The van der Waals surface area contributed by atoms with Gasteiger partial charge in [0.05, 0.1) is 11.4 Å². The molecule has 2 nitrogen and oxygen atoms in total. The zero-order valence-corrected chi connectivity index (χ0v) is 8.56.